The van der Waals surface area contributed by atoms with Crippen molar-refractivity contribution in [3.63, 3.8) is 0 Å². The van der Waals surface area contributed by atoms with Crippen LogP contribution < -0.4 is 11.1 Å². The number of thiophene rings is 1. The van der Waals surface area contributed by atoms with E-state index in [1.165, 1.54) is 11.3 Å². The lowest BCUT2D eigenvalue weighted by Gasteiger charge is -2.18. The number of carboxylic acids is 1. The van der Waals surface area contributed by atoms with E-state index in [4.69, 9.17) is 10.8 Å². The first-order chi connectivity index (χ1) is 9.88. The molecular formula is C14H18N2O4S. The quantitative estimate of drug-likeness (QED) is 0.770. The Morgan fingerprint density at radius 1 is 1.38 bits per heavy atom. The first kappa shape index (κ1) is 15.5. The number of aliphatic carboxylic acids is 1. The van der Waals surface area contributed by atoms with Crippen LogP contribution in [0.1, 0.15) is 47.0 Å². The van der Waals surface area contributed by atoms with Crippen molar-refractivity contribution in [2.75, 3.05) is 5.32 Å². The number of hydrogen-bond acceptors (Lipinski definition) is 4. The lowest BCUT2D eigenvalue weighted by molar-refractivity contribution is -0.138. The second-order valence-corrected chi connectivity index (χ2v) is 6.47. The first-order valence-corrected chi connectivity index (χ1v) is 7.66. The van der Waals surface area contributed by atoms with Gasteiger partial charge in [-0.15, -0.1) is 11.3 Å². The van der Waals surface area contributed by atoms with Crippen LogP contribution in [0.15, 0.2) is 0 Å². The van der Waals surface area contributed by atoms with Gasteiger partial charge >= 0.3 is 5.97 Å². The molecule has 0 bridgehead atoms. The molecule has 7 heteroatoms. The summed E-state index contributed by atoms with van der Waals surface area (Å²) in [6, 6.07) is 0. The van der Waals surface area contributed by atoms with Crippen LogP contribution >= 0.6 is 11.3 Å². The van der Waals surface area contributed by atoms with Crippen LogP contribution in [-0.4, -0.2) is 22.9 Å². The van der Waals surface area contributed by atoms with Crippen molar-refractivity contribution in [3.05, 3.63) is 16.0 Å². The number of nitrogens with two attached hydrogens (primary N) is 1. The van der Waals surface area contributed by atoms with Gasteiger partial charge in [0.15, 0.2) is 0 Å². The van der Waals surface area contributed by atoms with Gasteiger partial charge in [0.25, 0.3) is 5.91 Å². The fraction of sp³-hybridized carbons (Fsp3) is 0.500. The van der Waals surface area contributed by atoms with E-state index in [1.54, 1.807) is 0 Å². The zero-order chi connectivity index (χ0) is 15.6. The molecule has 1 atom stereocenters. The highest BCUT2D eigenvalue weighted by Crippen LogP contribution is 2.39. The molecule has 2 amide bonds. The summed E-state index contributed by atoms with van der Waals surface area (Å²) in [7, 11) is 0. The van der Waals surface area contributed by atoms with Gasteiger partial charge in [-0.05, 0) is 30.7 Å². The second-order valence-electron chi connectivity index (χ2n) is 5.36. The molecule has 2 rings (SSSR count). The molecule has 0 aromatic carbocycles. The molecule has 21 heavy (non-hydrogen) atoms. The number of carbonyl (C=O) groups is 3. The topological polar surface area (TPSA) is 109 Å². The Labute approximate surface area is 126 Å². The van der Waals surface area contributed by atoms with Crippen molar-refractivity contribution in [3.8, 4) is 0 Å². The predicted octanol–water partition coefficient (Wildman–Crippen LogP) is 1.78. The Hall–Kier alpha value is -1.89. The number of fused-ring (bicyclic) bond motifs is 1. The van der Waals surface area contributed by atoms with Gasteiger partial charge in [0.1, 0.15) is 5.00 Å². The van der Waals surface area contributed by atoms with Crippen LogP contribution in [0.25, 0.3) is 0 Å². The number of nitrogens with one attached hydrogen (secondary N) is 1. The molecule has 0 saturated carbocycles. The number of carboxylic acid groups (broad SMARTS) is 1. The number of hydrogen-bond donors (Lipinski definition) is 3. The van der Waals surface area contributed by atoms with E-state index in [-0.39, 0.29) is 12.8 Å². The molecule has 0 fully saturated rings. The number of amides is 2. The van der Waals surface area contributed by atoms with Crippen molar-refractivity contribution in [1.82, 2.24) is 0 Å². The molecule has 1 aliphatic rings. The minimum Gasteiger partial charge on any atom is -0.481 e. The highest BCUT2D eigenvalue weighted by molar-refractivity contribution is 7.17. The first-order valence-electron chi connectivity index (χ1n) is 6.84. The maximum atomic E-state index is 11.7. The summed E-state index contributed by atoms with van der Waals surface area (Å²) in [5, 5.41) is 11.7. The molecule has 1 aliphatic carbocycles. The number of carbonyl (C=O) groups excluding carboxylic acids is 2. The summed E-state index contributed by atoms with van der Waals surface area (Å²) in [4.78, 5) is 35.0. The molecule has 0 radical (unpaired) electrons. The molecule has 1 aromatic rings. The fourth-order valence-corrected chi connectivity index (χ4v) is 3.94. The van der Waals surface area contributed by atoms with Gasteiger partial charge in [-0.2, -0.15) is 0 Å². The molecule has 0 aliphatic heterocycles. The van der Waals surface area contributed by atoms with Gasteiger partial charge in [-0.3, -0.25) is 14.4 Å². The Balaban J connectivity index is 2.21. The molecule has 4 N–H and O–H groups in total. The maximum absolute atomic E-state index is 11.7. The Bertz CT molecular complexity index is 594. The highest BCUT2D eigenvalue weighted by Gasteiger charge is 2.27. The standard InChI is InChI=1S/C14H18N2O4S/c1-7-2-3-8-9(6-7)21-14(12(8)13(15)20)16-10(17)4-5-11(18)19/h7H,2-6H2,1H3,(H2,15,20)(H,16,17)(H,18,19)/t7-/m0/s1. The van der Waals surface area contributed by atoms with E-state index in [0.29, 0.717) is 16.5 Å². The number of rotatable bonds is 5. The zero-order valence-corrected chi connectivity index (χ0v) is 12.6. The molecule has 1 heterocycles. The van der Waals surface area contributed by atoms with Crippen LogP contribution in [0, 0.1) is 5.92 Å². The molecule has 1 aromatic heterocycles. The van der Waals surface area contributed by atoms with Crippen molar-refractivity contribution >= 4 is 34.1 Å². The maximum Gasteiger partial charge on any atom is 0.303 e. The molecule has 0 spiro atoms. The molecule has 0 unspecified atom stereocenters. The predicted molar refractivity (Wildman–Crippen MR) is 79.5 cm³/mol. The van der Waals surface area contributed by atoms with E-state index >= 15 is 0 Å². The lowest BCUT2D eigenvalue weighted by atomic mass is 9.88. The van der Waals surface area contributed by atoms with E-state index in [0.717, 1.165) is 29.7 Å². The largest absolute Gasteiger partial charge is 0.481 e. The smallest absolute Gasteiger partial charge is 0.303 e. The van der Waals surface area contributed by atoms with Gasteiger partial charge in [0.05, 0.1) is 12.0 Å². The van der Waals surface area contributed by atoms with Crippen LogP contribution in [-0.2, 0) is 22.4 Å². The minimum absolute atomic E-state index is 0.119. The molecule has 114 valence electrons. The third-order valence-corrected chi connectivity index (χ3v) is 4.75. The second kappa shape index (κ2) is 6.26. The number of anilines is 1. The summed E-state index contributed by atoms with van der Waals surface area (Å²) in [6.45, 7) is 2.15. The Morgan fingerprint density at radius 3 is 2.71 bits per heavy atom. The SMILES string of the molecule is C[C@H]1CCc2c(sc(NC(=O)CCC(=O)O)c2C(N)=O)C1. The highest BCUT2D eigenvalue weighted by atomic mass is 32.1. The summed E-state index contributed by atoms with van der Waals surface area (Å²) >= 11 is 1.38. The van der Waals surface area contributed by atoms with Gasteiger partial charge in [-0.25, -0.2) is 0 Å². The van der Waals surface area contributed by atoms with Crippen LogP contribution in [0.5, 0.6) is 0 Å². The van der Waals surface area contributed by atoms with Gasteiger partial charge in [-0.1, -0.05) is 6.92 Å². The van der Waals surface area contributed by atoms with E-state index in [9.17, 15) is 14.4 Å². The summed E-state index contributed by atoms with van der Waals surface area (Å²) in [5.41, 5.74) is 6.78. The average Bonchev–Trinajstić information content (AvgIpc) is 2.73. The van der Waals surface area contributed by atoms with E-state index < -0.39 is 17.8 Å². The lowest BCUT2D eigenvalue weighted by Crippen LogP contribution is -2.19. The van der Waals surface area contributed by atoms with Crippen molar-refractivity contribution in [2.24, 2.45) is 11.7 Å². The van der Waals surface area contributed by atoms with Crippen molar-refractivity contribution in [2.45, 2.75) is 39.0 Å². The van der Waals surface area contributed by atoms with Crippen LogP contribution in [0.2, 0.25) is 0 Å². The van der Waals surface area contributed by atoms with E-state index in [1.807, 2.05) is 0 Å². The van der Waals surface area contributed by atoms with Crippen LogP contribution in [0.4, 0.5) is 5.00 Å². The third-order valence-electron chi connectivity index (χ3n) is 3.58. The van der Waals surface area contributed by atoms with E-state index in [2.05, 4.69) is 12.2 Å². The monoisotopic (exact) mass is 310 g/mol. The minimum atomic E-state index is -1.03. The summed E-state index contributed by atoms with van der Waals surface area (Å²) in [5.74, 6) is -1.44. The van der Waals surface area contributed by atoms with Gasteiger partial charge in [0, 0.05) is 11.3 Å². The van der Waals surface area contributed by atoms with Gasteiger partial charge in [0.2, 0.25) is 5.91 Å². The summed E-state index contributed by atoms with van der Waals surface area (Å²) in [6.07, 6.45) is 2.31. The number of primary amides is 1. The summed E-state index contributed by atoms with van der Waals surface area (Å²) < 4.78 is 0. The Morgan fingerprint density at radius 2 is 2.10 bits per heavy atom. The van der Waals surface area contributed by atoms with Crippen molar-refractivity contribution < 1.29 is 19.5 Å². The van der Waals surface area contributed by atoms with Crippen molar-refractivity contribution in [1.29, 1.82) is 0 Å². The van der Waals surface area contributed by atoms with Crippen LogP contribution in [0.3, 0.4) is 0 Å². The average molecular weight is 310 g/mol. The molecule has 6 nitrogen and oxygen atoms in total. The van der Waals surface area contributed by atoms with Gasteiger partial charge < -0.3 is 16.2 Å². The Kier molecular flexibility index (Phi) is 4.62. The molecular weight excluding hydrogens is 292 g/mol. The normalized spacial score (nSPS) is 17.1. The third kappa shape index (κ3) is 3.60. The fourth-order valence-electron chi connectivity index (χ4n) is 2.51. The zero-order valence-electron chi connectivity index (χ0n) is 11.8. The molecule has 0 saturated heterocycles.